The van der Waals surface area contributed by atoms with Crippen molar-refractivity contribution in [3.05, 3.63) is 47.6 Å². The Morgan fingerprint density at radius 3 is 2.86 bits per heavy atom. The van der Waals surface area contributed by atoms with Gasteiger partial charge in [0.15, 0.2) is 0 Å². The van der Waals surface area contributed by atoms with Crippen LogP contribution >= 0.6 is 0 Å². The predicted molar refractivity (Wildman–Crippen MR) is 120 cm³/mol. The first-order chi connectivity index (χ1) is 16.7. The van der Waals surface area contributed by atoms with Crippen LogP contribution in [0, 0.1) is 11.7 Å². The number of carbonyl (C=O) groups excluding carboxylic acids is 1. The van der Waals surface area contributed by atoms with Crippen LogP contribution < -0.4 is 10.1 Å². The summed E-state index contributed by atoms with van der Waals surface area (Å²) in [5.74, 6) is -1.19. The average molecular weight is 492 g/mol. The van der Waals surface area contributed by atoms with E-state index in [1.165, 1.54) is 6.07 Å². The molecule has 10 heteroatoms. The molecule has 188 valence electrons. The smallest absolute Gasteiger partial charge is 0.387 e. The molecule has 1 aliphatic heterocycles. The minimum atomic E-state index is -3.03. The van der Waals surface area contributed by atoms with E-state index in [9.17, 15) is 23.1 Å². The molecule has 0 spiro atoms. The standard InChI is InChI=1S/C25H28F3N3O4/c1-25(9-10-34-13-25)29-23(33)14-5-7-16-20(11-14)31(19-3-2-4-21(19)32)30-22(16)17-12-15(35-24(27)28)6-8-18(17)26/h6,8-10,12,14,19,21,24,32H,2-5,7,11,13H2,1H3,(H,29,33)/t14-,19-,21-,25?/m1/s1. The molecule has 1 fully saturated rings. The van der Waals surface area contributed by atoms with Gasteiger partial charge in [0, 0.05) is 29.2 Å². The lowest BCUT2D eigenvalue weighted by Gasteiger charge is -2.29. The molecular weight excluding hydrogens is 463 g/mol. The Bertz CT molecular complexity index is 1150. The van der Waals surface area contributed by atoms with Crippen LogP contribution in [0.1, 0.15) is 49.9 Å². The zero-order valence-electron chi connectivity index (χ0n) is 19.3. The van der Waals surface area contributed by atoms with Gasteiger partial charge in [-0.15, -0.1) is 0 Å². The zero-order valence-corrected chi connectivity index (χ0v) is 19.3. The normalized spacial score (nSPS) is 27.7. The maximum Gasteiger partial charge on any atom is 0.387 e. The molecule has 0 saturated heterocycles. The number of ether oxygens (including phenoxy) is 2. The monoisotopic (exact) mass is 491 g/mol. The van der Waals surface area contributed by atoms with Crippen LogP contribution in [0.2, 0.25) is 0 Å². The molecule has 4 atom stereocenters. The highest BCUT2D eigenvalue weighted by Gasteiger charge is 2.38. The molecule has 1 amide bonds. The van der Waals surface area contributed by atoms with E-state index in [0.29, 0.717) is 44.4 Å². The Kier molecular flexibility index (Phi) is 6.25. The molecule has 0 bridgehead atoms. The van der Waals surface area contributed by atoms with Crippen LogP contribution in [0.15, 0.2) is 30.5 Å². The van der Waals surface area contributed by atoms with E-state index in [2.05, 4.69) is 10.1 Å². The van der Waals surface area contributed by atoms with E-state index in [-0.39, 0.29) is 29.2 Å². The van der Waals surface area contributed by atoms with Crippen molar-refractivity contribution in [2.75, 3.05) is 6.61 Å². The number of nitrogens with one attached hydrogen (secondary N) is 1. The number of hydrogen-bond acceptors (Lipinski definition) is 5. The molecule has 2 N–H and O–H groups in total. The second-order valence-corrected chi connectivity index (χ2v) is 9.76. The van der Waals surface area contributed by atoms with Crippen molar-refractivity contribution in [2.24, 2.45) is 5.92 Å². The van der Waals surface area contributed by atoms with Crippen molar-refractivity contribution in [1.82, 2.24) is 15.1 Å². The molecule has 5 rings (SSSR count). The average Bonchev–Trinajstić information content (AvgIpc) is 3.52. The fourth-order valence-electron chi connectivity index (χ4n) is 5.35. The van der Waals surface area contributed by atoms with E-state index in [4.69, 9.17) is 9.84 Å². The maximum absolute atomic E-state index is 14.9. The summed E-state index contributed by atoms with van der Waals surface area (Å²) in [6.45, 7) is -0.782. The number of aromatic nitrogens is 2. The molecule has 1 aromatic heterocycles. The highest BCUT2D eigenvalue weighted by atomic mass is 19.3. The van der Waals surface area contributed by atoms with E-state index in [1.54, 1.807) is 10.9 Å². The van der Waals surface area contributed by atoms with Crippen LogP contribution in [0.25, 0.3) is 11.3 Å². The Morgan fingerprint density at radius 2 is 2.17 bits per heavy atom. The molecule has 2 aliphatic carbocycles. The van der Waals surface area contributed by atoms with Crippen molar-refractivity contribution >= 4 is 5.91 Å². The predicted octanol–water partition coefficient (Wildman–Crippen LogP) is 3.90. The third kappa shape index (κ3) is 4.63. The number of amides is 1. The summed E-state index contributed by atoms with van der Waals surface area (Å²) < 4.78 is 51.9. The van der Waals surface area contributed by atoms with Crippen LogP contribution in [0.5, 0.6) is 5.75 Å². The summed E-state index contributed by atoms with van der Waals surface area (Å²) >= 11 is 0. The SMILES string of the molecule is CC1(NC(=O)[C@@H]2CCc3c(-c4cc(OC(F)F)ccc4F)nn([C@@H]4CCC[C@H]4O)c3C2)C=COC1. The van der Waals surface area contributed by atoms with Crippen molar-refractivity contribution < 1.29 is 32.5 Å². The Labute approximate surface area is 200 Å². The van der Waals surface area contributed by atoms with Crippen LogP contribution in [0.4, 0.5) is 13.2 Å². The minimum Gasteiger partial charge on any atom is -0.499 e. The van der Waals surface area contributed by atoms with Gasteiger partial charge >= 0.3 is 6.61 Å². The third-order valence-electron chi connectivity index (χ3n) is 7.17. The van der Waals surface area contributed by atoms with Crippen molar-refractivity contribution in [3.8, 4) is 17.0 Å². The van der Waals surface area contributed by atoms with Crippen LogP contribution in [-0.4, -0.2) is 45.7 Å². The van der Waals surface area contributed by atoms with Crippen molar-refractivity contribution in [2.45, 2.75) is 69.7 Å². The largest absolute Gasteiger partial charge is 0.499 e. The highest BCUT2D eigenvalue weighted by Crippen LogP contribution is 2.40. The molecule has 0 radical (unpaired) electrons. The Morgan fingerprint density at radius 1 is 1.34 bits per heavy atom. The van der Waals surface area contributed by atoms with Gasteiger partial charge < -0.3 is 19.9 Å². The summed E-state index contributed by atoms with van der Waals surface area (Å²) in [5.41, 5.74) is 1.39. The molecule has 2 aromatic rings. The summed E-state index contributed by atoms with van der Waals surface area (Å²) in [5, 5.41) is 18.3. The van der Waals surface area contributed by atoms with Gasteiger partial charge in [-0.1, -0.05) is 0 Å². The minimum absolute atomic E-state index is 0.0642. The number of hydrogen-bond donors (Lipinski definition) is 2. The first-order valence-corrected chi connectivity index (χ1v) is 11.9. The molecule has 7 nitrogen and oxygen atoms in total. The van der Waals surface area contributed by atoms with Gasteiger partial charge in [0.2, 0.25) is 5.91 Å². The Hall–Kier alpha value is -3.01. The van der Waals surface area contributed by atoms with Crippen LogP contribution in [-0.2, 0) is 22.4 Å². The van der Waals surface area contributed by atoms with Crippen LogP contribution in [0.3, 0.4) is 0 Å². The van der Waals surface area contributed by atoms with E-state index in [0.717, 1.165) is 29.8 Å². The lowest BCUT2D eigenvalue weighted by Crippen LogP contribution is -2.49. The second-order valence-electron chi connectivity index (χ2n) is 9.76. The van der Waals surface area contributed by atoms with Gasteiger partial charge in [0.1, 0.15) is 18.2 Å². The molecule has 2 heterocycles. The maximum atomic E-state index is 14.9. The number of aliphatic hydroxyl groups excluding tert-OH is 1. The number of nitrogens with zero attached hydrogens (tertiary/aromatic N) is 2. The van der Waals surface area contributed by atoms with E-state index < -0.39 is 24.1 Å². The summed E-state index contributed by atoms with van der Waals surface area (Å²) in [7, 11) is 0. The molecule has 3 aliphatic rings. The number of carbonyl (C=O) groups is 1. The lowest BCUT2D eigenvalue weighted by atomic mass is 9.84. The number of alkyl halides is 2. The van der Waals surface area contributed by atoms with Gasteiger partial charge in [0.05, 0.1) is 29.6 Å². The fourth-order valence-corrected chi connectivity index (χ4v) is 5.35. The van der Waals surface area contributed by atoms with E-state index >= 15 is 0 Å². The summed E-state index contributed by atoms with van der Waals surface area (Å²) in [6, 6.07) is 3.18. The van der Waals surface area contributed by atoms with E-state index in [1.807, 2.05) is 13.0 Å². The number of fused-ring (bicyclic) bond motifs is 1. The van der Waals surface area contributed by atoms with Crippen molar-refractivity contribution in [3.63, 3.8) is 0 Å². The fraction of sp³-hybridized carbons (Fsp3) is 0.520. The van der Waals surface area contributed by atoms with Gasteiger partial charge in [0.25, 0.3) is 0 Å². The molecular formula is C25H28F3N3O4. The molecule has 35 heavy (non-hydrogen) atoms. The molecule has 1 unspecified atom stereocenters. The quantitative estimate of drug-likeness (QED) is 0.640. The van der Waals surface area contributed by atoms with Crippen molar-refractivity contribution in [1.29, 1.82) is 0 Å². The lowest BCUT2D eigenvalue weighted by molar-refractivity contribution is -0.126. The second kappa shape index (κ2) is 9.22. The highest BCUT2D eigenvalue weighted by molar-refractivity contribution is 5.81. The molecule has 1 saturated carbocycles. The van der Waals surface area contributed by atoms with Gasteiger partial charge in [-0.05, 0) is 63.3 Å². The summed E-state index contributed by atoms with van der Waals surface area (Å²) in [4.78, 5) is 13.1. The Balaban J connectivity index is 1.50. The zero-order chi connectivity index (χ0) is 24.7. The first-order valence-electron chi connectivity index (χ1n) is 11.9. The number of benzene rings is 1. The first kappa shape index (κ1) is 23.7. The number of aliphatic hydroxyl groups is 1. The number of halogens is 3. The topological polar surface area (TPSA) is 85.6 Å². The third-order valence-corrected chi connectivity index (χ3v) is 7.17. The van der Waals surface area contributed by atoms with Gasteiger partial charge in [-0.25, -0.2) is 4.39 Å². The van der Waals surface area contributed by atoms with Gasteiger partial charge in [-0.2, -0.15) is 13.9 Å². The number of rotatable bonds is 6. The summed E-state index contributed by atoms with van der Waals surface area (Å²) in [6.07, 6.45) is 6.34. The molecule has 1 aromatic carbocycles. The van der Waals surface area contributed by atoms with Gasteiger partial charge in [-0.3, -0.25) is 9.48 Å².